The van der Waals surface area contributed by atoms with E-state index in [1.807, 2.05) is 31.2 Å². The third-order valence-electron chi connectivity index (χ3n) is 3.12. The zero-order valence-electron chi connectivity index (χ0n) is 12.0. The first kappa shape index (κ1) is 15.4. The van der Waals surface area contributed by atoms with Crippen molar-refractivity contribution in [2.24, 2.45) is 5.10 Å². The number of para-hydroxylation sites is 1. The molecule has 1 amide bonds. The van der Waals surface area contributed by atoms with Crippen molar-refractivity contribution in [1.29, 1.82) is 0 Å². The van der Waals surface area contributed by atoms with Gasteiger partial charge in [-0.3, -0.25) is 14.9 Å². The molecule has 22 heavy (non-hydrogen) atoms. The molecule has 6 heteroatoms. The molecule has 1 N–H and O–H groups in total. The molecule has 0 radical (unpaired) electrons. The topological polar surface area (TPSA) is 84.6 Å². The standard InChI is InChI=1S/C16H15N3O3/c1-12-6-2-3-8-14(12)11-17-18-16(20)10-13-7-4-5-9-15(13)19(21)22/h2-9,11H,10H2,1H3,(H,18,20). The Bertz CT molecular complexity index is 726. The molecular weight excluding hydrogens is 282 g/mol. The first-order chi connectivity index (χ1) is 10.6. The molecule has 0 bridgehead atoms. The molecule has 0 saturated carbocycles. The largest absolute Gasteiger partial charge is 0.273 e. The Morgan fingerprint density at radius 3 is 2.64 bits per heavy atom. The molecule has 2 rings (SSSR count). The summed E-state index contributed by atoms with van der Waals surface area (Å²) in [5, 5.41) is 14.8. The van der Waals surface area contributed by atoms with E-state index in [0.29, 0.717) is 5.56 Å². The molecule has 0 atom stereocenters. The third kappa shape index (κ3) is 3.99. The molecule has 0 heterocycles. The number of rotatable bonds is 5. The van der Waals surface area contributed by atoms with Gasteiger partial charge in [0.25, 0.3) is 5.69 Å². The third-order valence-corrected chi connectivity index (χ3v) is 3.12. The van der Waals surface area contributed by atoms with Crippen LogP contribution in [0.5, 0.6) is 0 Å². The number of aryl methyl sites for hydroxylation is 1. The van der Waals surface area contributed by atoms with Gasteiger partial charge in [0, 0.05) is 11.6 Å². The fraction of sp³-hybridized carbons (Fsp3) is 0.125. The van der Waals surface area contributed by atoms with Crippen LogP contribution in [0.25, 0.3) is 0 Å². The molecule has 0 aliphatic heterocycles. The lowest BCUT2D eigenvalue weighted by atomic mass is 10.1. The number of nitrogens with zero attached hydrogens (tertiary/aromatic N) is 2. The van der Waals surface area contributed by atoms with E-state index in [1.54, 1.807) is 24.4 Å². The summed E-state index contributed by atoms with van der Waals surface area (Å²) in [5.41, 5.74) is 4.61. The van der Waals surface area contributed by atoms with Gasteiger partial charge in [-0.25, -0.2) is 5.43 Å². The van der Waals surface area contributed by atoms with Gasteiger partial charge in [-0.05, 0) is 18.1 Å². The van der Waals surface area contributed by atoms with Crippen molar-refractivity contribution in [2.75, 3.05) is 0 Å². The molecule has 6 nitrogen and oxygen atoms in total. The second-order valence-electron chi connectivity index (χ2n) is 4.71. The summed E-state index contributed by atoms with van der Waals surface area (Å²) in [6, 6.07) is 13.8. The predicted octanol–water partition coefficient (Wildman–Crippen LogP) is 2.60. The maximum atomic E-state index is 11.8. The summed E-state index contributed by atoms with van der Waals surface area (Å²) in [7, 11) is 0. The number of hydrogen-bond donors (Lipinski definition) is 1. The average molecular weight is 297 g/mol. The summed E-state index contributed by atoms with van der Waals surface area (Å²) < 4.78 is 0. The van der Waals surface area contributed by atoms with Crippen molar-refractivity contribution >= 4 is 17.8 Å². The van der Waals surface area contributed by atoms with Crippen LogP contribution in [0.3, 0.4) is 0 Å². The lowest BCUT2D eigenvalue weighted by Gasteiger charge is -2.02. The number of benzene rings is 2. The van der Waals surface area contributed by atoms with E-state index in [-0.39, 0.29) is 12.1 Å². The van der Waals surface area contributed by atoms with Gasteiger partial charge < -0.3 is 0 Å². The lowest BCUT2D eigenvalue weighted by molar-refractivity contribution is -0.385. The summed E-state index contributed by atoms with van der Waals surface area (Å²) in [6.45, 7) is 1.94. The van der Waals surface area contributed by atoms with Gasteiger partial charge in [-0.1, -0.05) is 42.5 Å². The molecule has 0 saturated heterocycles. The zero-order valence-corrected chi connectivity index (χ0v) is 12.0. The van der Waals surface area contributed by atoms with Crippen molar-refractivity contribution in [3.05, 3.63) is 75.3 Å². The van der Waals surface area contributed by atoms with Crippen LogP contribution in [-0.2, 0) is 11.2 Å². The van der Waals surface area contributed by atoms with Crippen LogP contribution >= 0.6 is 0 Å². The van der Waals surface area contributed by atoms with Crippen molar-refractivity contribution in [3.63, 3.8) is 0 Å². The summed E-state index contributed by atoms with van der Waals surface area (Å²) >= 11 is 0. The molecule has 0 aromatic heterocycles. The van der Waals surface area contributed by atoms with E-state index in [4.69, 9.17) is 0 Å². The van der Waals surface area contributed by atoms with Crippen LogP contribution in [0.1, 0.15) is 16.7 Å². The Labute approximate surface area is 127 Å². The Hall–Kier alpha value is -3.02. The summed E-state index contributed by atoms with van der Waals surface area (Å²) in [6.07, 6.45) is 1.45. The quantitative estimate of drug-likeness (QED) is 0.523. The average Bonchev–Trinajstić information content (AvgIpc) is 2.49. The zero-order chi connectivity index (χ0) is 15.9. The van der Waals surface area contributed by atoms with Crippen molar-refractivity contribution in [2.45, 2.75) is 13.3 Å². The number of amides is 1. The Kier molecular flexibility index (Phi) is 4.98. The maximum absolute atomic E-state index is 11.8. The summed E-state index contributed by atoms with van der Waals surface area (Å²) in [5.74, 6) is -0.404. The Morgan fingerprint density at radius 2 is 1.91 bits per heavy atom. The van der Waals surface area contributed by atoms with Crippen molar-refractivity contribution in [1.82, 2.24) is 5.43 Å². The molecule has 112 valence electrons. The van der Waals surface area contributed by atoms with Crippen molar-refractivity contribution < 1.29 is 9.72 Å². The van der Waals surface area contributed by atoms with Gasteiger partial charge in [0.05, 0.1) is 17.6 Å². The van der Waals surface area contributed by atoms with Gasteiger partial charge in [-0.15, -0.1) is 0 Å². The first-order valence-electron chi connectivity index (χ1n) is 6.68. The molecule has 0 spiro atoms. The SMILES string of the molecule is Cc1ccccc1C=NNC(=O)Cc1ccccc1[N+](=O)[O-]. The highest BCUT2D eigenvalue weighted by molar-refractivity contribution is 5.84. The monoisotopic (exact) mass is 297 g/mol. The summed E-state index contributed by atoms with van der Waals surface area (Å²) in [4.78, 5) is 22.2. The van der Waals surface area contributed by atoms with E-state index in [9.17, 15) is 14.9 Å². The second-order valence-corrected chi connectivity index (χ2v) is 4.71. The highest BCUT2D eigenvalue weighted by atomic mass is 16.6. The van der Waals surface area contributed by atoms with E-state index < -0.39 is 10.8 Å². The molecule has 0 unspecified atom stereocenters. The Balaban J connectivity index is 2.00. The van der Waals surface area contributed by atoms with Gasteiger partial charge >= 0.3 is 0 Å². The smallest absolute Gasteiger partial charge is 0.273 e. The van der Waals surface area contributed by atoms with Crippen molar-refractivity contribution in [3.8, 4) is 0 Å². The number of hydrogen-bond acceptors (Lipinski definition) is 4. The number of nitro benzene ring substituents is 1. The highest BCUT2D eigenvalue weighted by Gasteiger charge is 2.14. The molecule has 2 aromatic rings. The van der Waals surface area contributed by atoms with Crippen LogP contribution in [-0.4, -0.2) is 17.0 Å². The van der Waals surface area contributed by atoms with Crippen LogP contribution in [0.15, 0.2) is 53.6 Å². The van der Waals surface area contributed by atoms with Gasteiger partial charge in [0.15, 0.2) is 0 Å². The molecule has 0 aliphatic rings. The maximum Gasteiger partial charge on any atom is 0.273 e. The fourth-order valence-electron chi connectivity index (χ4n) is 1.96. The Morgan fingerprint density at radius 1 is 1.23 bits per heavy atom. The number of hydrazone groups is 1. The molecular formula is C16H15N3O3. The predicted molar refractivity (Wildman–Crippen MR) is 83.7 cm³/mol. The minimum atomic E-state index is -0.501. The van der Waals surface area contributed by atoms with Gasteiger partial charge in [0.1, 0.15) is 0 Å². The van der Waals surface area contributed by atoms with E-state index >= 15 is 0 Å². The fourth-order valence-corrected chi connectivity index (χ4v) is 1.96. The molecule has 0 aliphatic carbocycles. The normalized spacial score (nSPS) is 10.6. The van der Waals surface area contributed by atoms with Crippen LogP contribution < -0.4 is 5.43 Å². The number of nitro groups is 1. The van der Waals surface area contributed by atoms with E-state index in [0.717, 1.165) is 11.1 Å². The van der Waals surface area contributed by atoms with E-state index in [2.05, 4.69) is 10.5 Å². The molecule has 2 aromatic carbocycles. The number of carbonyl (C=O) groups excluding carboxylic acids is 1. The first-order valence-corrected chi connectivity index (χ1v) is 6.68. The highest BCUT2D eigenvalue weighted by Crippen LogP contribution is 2.17. The lowest BCUT2D eigenvalue weighted by Crippen LogP contribution is -2.20. The van der Waals surface area contributed by atoms with Gasteiger partial charge in [-0.2, -0.15) is 5.10 Å². The van der Waals surface area contributed by atoms with Crippen LogP contribution in [0.2, 0.25) is 0 Å². The molecule has 0 fully saturated rings. The number of nitrogens with one attached hydrogen (secondary N) is 1. The second kappa shape index (κ2) is 7.12. The van der Waals surface area contributed by atoms with Gasteiger partial charge in [0.2, 0.25) is 5.91 Å². The van der Waals surface area contributed by atoms with Crippen LogP contribution in [0.4, 0.5) is 5.69 Å². The van der Waals surface area contributed by atoms with Crippen LogP contribution in [0, 0.1) is 17.0 Å². The van der Waals surface area contributed by atoms with E-state index in [1.165, 1.54) is 6.07 Å². The minimum absolute atomic E-state index is 0.0690. The number of carbonyl (C=O) groups is 1. The minimum Gasteiger partial charge on any atom is -0.273 e.